The molecule has 0 aromatic heterocycles. The van der Waals surface area contributed by atoms with Gasteiger partial charge in [0.05, 0.1) is 11.3 Å². The maximum atomic E-state index is 12.5. The van der Waals surface area contributed by atoms with Gasteiger partial charge in [-0.2, -0.15) is 0 Å². The number of likely N-dealkylation sites (N-methyl/N-ethyl adjacent to an activating group) is 1. The molecule has 0 saturated heterocycles. The molecule has 0 spiro atoms. The van der Waals surface area contributed by atoms with E-state index in [0.29, 0.717) is 24.3 Å². The van der Waals surface area contributed by atoms with Gasteiger partial charge in [0.15, 0.2) is 6.61 Å². The molecule has 0 heterocycles. The minimum Gasteiger partial charge on any atom is -0.452 e. The number of carbonyl (C=O) groups is 3. The second-order valence-corrected chi connectivity index (χ2v) is 6.31. The highest BCUT2D eigenvalue weighted by molar-refractivity contribution is 6.08. The average Bonchev–Trinajstić information content (AvgIpc) is 2.70. The number of nitrogens with one attached hydrogen (secondary N) is 1. The van der Waals surface area contributed by atoms with Gasteiger partial charge < -0.3 is 15.0 Å². The van der Waals surface area contributed by atoms with Crippen molar-refractivity contribution in [2.45, 2.75) is 13.8 Å². The van der Waals surface area contributed by atoms with Gasteiger partial charge in [-0.15, -0.1) is 0 Å². The second-order valence-electron chi connectivity index (χ2n) is 6.31. The molecule has 146 valence electrons. The summed E-state index contributed by atoms with van der Waals surface area (Å²) in [6, 6.07) is 15.2. The first kappa shape index (κ1) is 20.9. The quantitative estimate of drug-likeness (QED) is 0.562. The fourth-order valence-corrected chi connectivity index (χ4v) is 2.55. The number of anilines is 1. The zero-order valence-corrected chi connectivity index (χ0v) is 16.1. The molecule has 2 aromatic carbocycles. The van der Waals surface area contributed by atoms with Crippen LogP contribution < -0.4 is 5.32 Å². The van der Waals surface area contributed by atoms with Crippen LogP contribution in [0.4, 0.5) is 5.69 Å². The van der Waals surface area contributed by atoms with E-state index in [4.69, 9.17) is 4.74 Å². The molecular formula is C22H24N2O4. The van der Waals surface area contributed by atoms with Gasteiger partial charge >= 0.3 is 5.97 Å². The van der Waals surface area contributed by atoms with Gasteiger partial charge in [-0.25, -0.2) is 4.79 Å². The van der Waals surface area contributed by atoms with Crippen molar-refractivity contribution in [2.75, 3.05) is 25.0 Å². The number of hydrogen-bond acceptors (Lipinski definition) is 4. The number of nitrogens with zero attached hydrogens (tertiary/aromatic N) is 1. The number of benzene rings is 2. The van der Waals surface area contributed by atoms with Gasteiger partial charge in [0.2, 0.25) is 0 Å². The maximum absolute atomic E-state index is 12.5. The van der Waals surface area contributed by atoms with Crippen molar-refractivity contribution in [1.29, 1.82) is 0 Å². The van der Waals surface area contributed by atoms with Crippen molar-refractivity contribution >= 4 is 23.5 Å². The Morgan fingerprint density at radius 3 is 2.32 bits per heavy atom. The summed E-state index contributed by atoms with van der Waals surface area (Å²) in [6.07, 6.45) is 0. The highest BCUT2D eigenvalue weighted by Crippen LogP contribution is 2.17. The van der Waals surface area contributed by atoms with Crippen LogP contribution in [0.1, 0.15) is 34.6 Å². The summed E-state index contributed by atoms with van der Waals surface area (Å²) in [5, 5.41) is 2.71. The zero-order valence-electron chi connectivity index (χ0n) is 16.1. The molecule has 0 aliphatic rings. The molecule has 0 atom stereocenters. The Morgan fingerprint density at radius 1 is 1.04 bits per heavy atom. The first-order chi connectivity index (χ1) is 13.4. The summed E-state index contributed by atoms with van der Waals surface area (Å²) in [6.45, 7) is 7.99. The summed E-state index contributed by atoms with van der Waals surface area (Å²) in [5.74, 6) is -1.32. The van der Waals surface area contributed by atoms with Crippen molar-refractivity contribution in [3.8, 4) is 0 Å². The minimum absolute atomic E-state index is 0.183. The van der Waals surface area contributed by atoms with E-state index in [1.807, 2.05) is 19.9 Å². The number of ether oxygens (including phenoxy) is 1. The van der Waals surface area contributed by atoms with E-state index >= 15 is 0 Å². The van der Waals surface area contributed by atoms with Gasteiger partial charge in [0, 0.05) is 18.7 Å². The Kier molecular flexibility index (Phi) is 7.51. The average molecular weight is 380 g/mol. The molecule has 2 amide bonds. The van der Waals surface area contributed by atoms with Crippen LogP contribution in [0.2, 0.25) is 0 Å². The summed E-state index contributed by atoms with van der Waals surface area (Å²) in [5.41, 5.74) is 1.82. The van der Waals surface area contributed by atoms with E-state index < -0.39 is 5.97 Å². The Hall–Kier alpha value is -3.41. The van der Waals surface area contributed by atoms with Crippen LogP contribution >= 0.6 is 0 Å². The minimum atomic E-state index is -0.677. The number of para-hydroxylation sites is 1. The number of amides is 2. The molecule has 0 aliphatic carbocycles. The number of esters is 1. The van der Waals surface area contributed by atoms with Crippen LogP contribution in [0, 0.1) is 0 Å². The smallest absolute Gasteiger partial charge is 0.340 e. The molecule has 6 heteroatoms. The molecule has 0 bridgehead atoms. The van der Waals surface area contributed by atoms with Crippen LogP contribution in [0.25, 0.3) is 0 Å². The van der Waals surface area contributed by atoms with Gasteiger partial charge in [0.1, 0.15) is 0 Å². The molecular weight excluding hydrogens is 356 g/mol. The standard InChI is InChI=1S/C22H24N2O4/c1-4-24(14-16(2)3)20(25)15-28-22(27)18-12-8-9-13-19(18)23-21(26)17-10-6-5-7-11-17/h5-13H,2,4,14-15H2,1,3H3,(H,23,26). The summed E-state index contributed by atoms with van der Waals surface area (Å²) < 4.78 is 5.17. The molecule has 0 unspecified atom stereocenters. The summed E-state index contributed by atoms with van der Waals surface area (Å²) in [4.78, 5) is 38.6. The third-order valence-corrected chi connectivity index (χ3v) is 3.95. The van der Waals surface area contributed by atoms with Crippen LogP contribution in [0.5, 0.6) is 0 Å². The second kappa shape index (κ2) is 10.1. The molecule has 28 heavy (non-hydrogen) atoms. The number of carbonyl (C=O) groups excluding carboxylic acids is 3. The number of rotatable bonds is 8. The van der Waals surface area contributed by atoms with Crippen LogP contribution in [-0.2, 0) is 9.53 Å². The predicted molar refractivity (Wildman–Crippen MR) is 108 cm³/mol. The largest absolute Gasteiger partial charge is 0.452 e. The lowest BCUT2D eigenvalue weighted by Crippen LogP contribution is -2.35. The summed E-state index contributed by atoms with van der Waals surface area (Å²) in [7, 11) is 0. The monoisotopic (exact) mass is 380 g/mol. The highest BCUT2D eigenvalue weighted by Gasteiger charge is 2.18. The van der Waals surface area contributed by atoms with Crippen LogP contribution in [0.3, 0.4) is 0 Å². The Balaban J connectivity index is 2.05. The topological polar surface area (TPSA) is 75.7 Å². The highest BCUT2D eigenvalue weighted by atomic mass is 16.5. The molecule has 0 fully saturated rings. The first-order valence-electron chi connectivity index (χ1n) is 8.97. The van der Waals surface area contributed by atoms with Gasteiger partial charge in [0.25, 0.3) is 11.8 Å². The molecule has 2 aromatic rings. The SMILES string of the molecule is C=C(C)CN(CC)C(=O)COC(=O)c1ccccc1NC(=O)c1ccccc1. The fourth-order valence-electron chi connectivity index (χ4n) is 2.55. The molecule has 1 N–H and O–H groups in total. The van der Waals surface area contributed by atoms with Crippen molar-refractivity contribution in [3.05, 3.63) is 77.9 Å². The fraction of sp³-hybridized carbons (Fsp3) is 0.227. The van der Waals surface area contributed by atoms with Crippen molar-refractivity contribution in [3.63, 3.8) is 0 Å². The van der Waals surface area contributed by atoms with Crippen molar-refractivity contribution in [1.82, 2.24) is 4.90 Å². The van der Waals surface area contributed by atoms with E-state index in [1.54, 1.807) is 53.4 Å². The first-order valence-corrected chi connectivity index (χ1v) is 8.97. The lowest BCUT2D eigenvalue weighted by Gasteiger charge is -2.20. The Labute approximate surface area is 164 Å². The third kappa shape index (κ3) is 5.81. The van der Waals surface area contributed by atoms with Crippen molar-refractivity contribution in [2.24, 2.45) is 0 Å². The molecule has 6 nitrogen and oxygen atoms in total. The van der Waals surface area contributed by atoms with Gasteiger partial charge in [-0.1, -0.05) is 42.5 Å². The van der Waals surface area contributed by atoms with E-state index in [1.165, 1.54) is 0 Å². The van der Waals surface area contributed by atoms with E-state index in [9.17, 15) is 14.4 Å². The van der Waals surface area contributed by atoms with Crippen LogP contribution in [0.15, 0.2) is 66.7 Å². The van der Waals surface area contributed by atoms with E-state index in [0.717, 1.165) is 5.57 Å². The maximum Gasteiger partial charge on any atom is 0.340 e. The van der Waals surface area contributed by atoms with Gasteiger partial charge in [-0.3, -0.25) is 9.59 Å². The lowest BCUT2D eigenvalue weighted by atomic mass is 10.1. The lowest BCUT2D eigenvalue weighted by molar-refractivity contribution is -0.133. The van der Waals surface area contributed by atoms with E-state index in [-0.39, 0.29) is 24.0 Å². The van der Waals surface area contributed by atoms with Gasteiger partial charge in [-0.05, 0) is 38.1 Å². The van der Waals surface area contributed by atoms with Crippen LogP contribution in [-0.4, -0.2) is 42.4 Å². The zero-order chi connectivity index (χ0) is 20.5. The number of hydrogen-bond donors (Lipinski definition) is 1. The molecule has 0 radical (unpaired) electrons. The Morgan fingerprint density at radius 2 is 1.68 bits per heavy atom. The summed E-state index contributed by atoms with van der Waals surface area (Å²) >= 11 is 0. The van der Waals surface area contributed by atoms with Crippen molar-refractivity contribution < 1.29 is 19.1 Å². The molecule has 2 rings (SSSR count). The van der Waals surface area contributed by atoms with E-state index in [2.05, 4.69) is 11.9 Å². The Bertz CT molecular complexity index is 862. The third-order valence-electron chi connectivity index (χ3n) is 3.95. The molecule has 0 aliphatic heterocycles. The predicted octanol–water partition coefficient (Wildman–Crippen LogP) is 3.52. The molecule has 0 saturated carbocycles. The normalized spacial score (nSPS) is 10.1.